The first-order chi connectivity index (χ1) is 11.7. The van der Waals surface area contributed by atoms with Gasteiger partial charge in [-0.15, -0.1) is 0 Å². The van der Waals surface area contributed by atoms with Gasteiger partial charge in [-0.1, -0.05) is 42.5 Å². The lowest BCUT2D eigenvalue weighted by Gasteiger charge is -2.21. The first-order valence-electron chi connectivity index (χ1n) is 7.96. The van der Waals surface area contributed by atoms with Crippen LogP contribution >= 0.6 is 0 Å². The van der Waals surface area contributed by atoms with Gasteiger partial charge < -0.3 is 19.5 Å². The van der Waals surface area contributed by atoms with Crippen LogP contribution in [0.4, 0.5) is 0 Å². The zero-order valence-corrected chi connectivity index (χ0v) is 13.6. The molecule has 5 nitrogen and oxygen atoms in total. The number of methoxy groups -OCH3 is 1. The molecule has 1 aliphatic rings. The molecule has 1 saturated heterocycles. The van der Waals surface area contributed by atoms with E-state index in [0.717, 1.165) is 16.9 Å². The van der Waals surface area contributed by atoms with Crippen molar-refractivity contribution < 1.29 is 19.4 Å². The fourth-order valence-corrected chi connectivity index (χ4v) is 2.72. The Labute approximate surface area is 141 Å². The highest BCUT2D eigenvalue weighted by atomic mass is 16.6. The topological polar surface area (TPSA) is 62.3 Å². The molecule has 2 aromatic rings. The summed E-state index contributed by atoms with van der Waals surface area (Å²) in [7, 11) is 1.62. The predicted molar refractivity (Wildman–Crippen MR) is 89.6 cm³/mol. The van der Waals surface area contributed by atoms with Crippen LogP contribution in [0.1, 0.15) is 17.2 Å². The van der Waals surface area contributed by atoms with Gasteiger partial charge in [-0.25, -0.2) is 0 Å². The first-order valence-corrected chi connectivity index (χ1v) is 7.96. The van der Waals surface area contributed by atoms with Crippen molar-refractivity contribution in [2.45, 2.75) is 18.8 Å². The maximum absolute atomic E-state index is 12.7. The highest BCUT2D eigenvalue weighted by molar-refractivity contribution is 5.84. The normalized spacial score (nSPS) is 18.9. The number of aliphatic hydroxyl groups excluding tert-OH is 1. The molecule has 0 saturated carbocycles. The van der Waals surface area contributed by atoms with Gasteiger partial charge in [0.05, 0.1) is 13.7 Å². The number of nitrogens with zero attached hydrogens (tertiary/aromatic N) is 1. The van der Waals surface area contributed by atoms with E-state index < -0.39 is 6.10 Å². The SMILES string of the molecule is COc1ccc(CN(CCO)C(=O)[C@H]2O[C@@H]2c2ccccc2)cc1. The number of ether oxygens (including phenoxy) is 2. The van der Waals surface area contributed by atoms with Crippen molar-refractivity contribution in [2.24, 2.45) is 0 Å². The smallest absolute Gasteiger partial charge is 0.255 e. The van der Waals surface area contributed by atoms with Crippen molar-refractivity contribution >= 4 is 5.91 Å². The largest absolute Gasteiger partial charge is 0.497 e. The van der Waals surface area contributed by atoms with Crippen LogP contribution < -0.4 is 4.74 Å². The van der Waals surface area contributed by atoms with E-state index in [-0.39, 0.29) is 25.2 Å². The molecular formula is C19H21NO4. The Bertz CT molecular complexity index is 672. The van der Waals surface area contributed by atoms with E-state index in [4.69, 9.17) is 9.47 Å². The van der Waals surface area contributed by atoms with Gasteiger partial charge in [-0.05, 0) is 23.3 Å². The lowest BCUT2D eigenvalue weighted by atomic mass is 10.1. The number of carbonyl (C=O) groups is 1. The molecule has 2 aromatic carbocycles. The Morgan fingerprint density at radius 3 is 2.50 bits per heavy atom. The molecule has 1 fully saturated rings. The fourth-order valence-electron chi connectivity index (χ4n) is 2.72. The van der Waals surface area contributed by atoms with Crippen molar-refractivity contribution in [3.63, 3.8) is 0 Å². The third-order valence-electron chi connectivity index (χ3n) is 4.08. The molecule has 1 aliphatic heterocycles. The number of rotatable bonds is 7. The van der Waals surface area contributed by atoms with E-state index in [1.807, 2.05) is 54.6 Å². The Morgan fingerprint density at radius 2 is 1.88 bits per heavy atom. The summed E-state index contributed by atoms with van der Waals surface area (Å²) < 4.78 is 10.7. The van der Waals surface area contributed by atoms with Crippen molar-refractivity contribution in [2.75, 3.05) is 20.3 Å². The molecule has 1 amide bonds. The number of aliphatic hydroxyl groups is 1. The lowest BCUT2D eigenvalue weighted by molar-refractivity contribution is -0.133. The van der Waals surface area contributed by atoms with Crippen LogP contribution in [0, 0.1) is 0 Å². The molecular weight excluding hydrogens is 306 g/mol. The van der Waals surface area contributed by atoms with Gasteiger partial charge in [0.2, 0.25) is 0 Å². The minimum atomic E-state index is -0.461. The summed E-state index contributed by atoms with van der Waals surface area (Å²) >= 11 is 0. The average molecular weight is 327 g/mol. The predicted octanol–water partition coefficient (Wildman–Crippen LogP) is 2.16. The Kier molecular flexibility index (Phi) is 5.13. The number of benzene rings is 2. The number of amides is 1. The first kappa shape index (κ1) is 16.5. The standard InChI is InChI=1S/C19H21NO4/c1-23-16-9-7-14(8-10-16)13-20(11-12-21)19(22)18-17(24-18)15-5-3-2-4-6-15/h2-10,17-18,21H,11-13H2,1H3/t17-,18+/m1/s1. The zero-order chi connectivity index (χ0) is 16.9. The summed E-state index contributed by atoms with van der Waals surface area (Å²) in [5, 5.41) is 9.28. The van der Waals surface area contributed by atoms with Crippen LogP contribution in [0.2, 0.25) is 0 Å². The third-order valence-corrected chi connectivity index (χ3v) is 4.08. The van der Waals surface area contributed by atoms with Crippen LogP contribution in [0.25, 0.3) is 0 Å². The summed E-state index contributed by atoms with van der Waals surface area (Å²) in [5.41, 5.74) is 1.98. The molecule has 0 spiro atoms. The van der Waals surface area contributed by atoms with Crippen molar-refractivity contribution in [3.05, 3.63) is 65.7 Å². The van der Waals surface area contributed by atoms with Gasteiger partial charge >= 0.3 is 0 Å². The van der Waals surface area contributed by atoms with Crippen molar-refractivity contribution in [1.29, 1.82) is 0 Å². The van der Waals surface area contributed by atoms with Crippen LogP contribution in [0.15, 0.2) is 54.6 Å². The van der Waals surface area contributed by atoms with E-state index in [2.05, 4.69) is 0 Å². The second-order valence-electron chi connectivity index (χ2n) is 5.72. The number of hydrogen-bond donors (Lipinski definition) is 1. The van der Waals surface area contributed by atoms with E-state index >= 15 is 0 Å². The van der Waals surface area contributed by atoms with Crippen LogP contribution in [0.5, 0.6) is 5.75 Å². The molecule has 1 heterocycles. The van der Waals surface area contributed by atoms with Gasteiger partial charge in [0.15, 0.2) is 6.10 Å². The van der Waals surface area contributed by atoms with Crippen LogP contribution in [0.3, 0.4) is 0 Å². The summed E-state index contributed by atoms with van der Waals surface area (Å²) in [6.07, 6.45) is -0.645. The van der Waals surface area contributed by atoms with E-state index in [1.54, 1.807) is 12.0 Å². The van der Waals surface area contributed by atoms with E-state index in [9.17, 15) is 9.90 Å². The second-order valence-corrected chi connectivity index (χ2v) is 5.72. The molecule has 0 bridgehead atoms. The van der Waals surface area contributed by atoms with Gasteiger partial charge in [0, 0.05) is 13.1 Å². The molecule has 1 N–H and O–H groups in total. The highest BCUT2D eigenvalue weighted by Gasteiger charge is 2.47. The summed E-state index contributed by atoms with van der Waals surface area (Å²) in [6, 6.07) is 17.3. The fraction of sp³-hybridized carbons (Fsp3) is 0.316. The third kappa shape index (κ3) is 3.75. The molecule has 126 valence electrons. The van der Waals surface area contributed by atoms with Gasteiger partial charge in [0.25, 0.3) is 5.91 Å². The maximum Gasteiger partial charge on any atom is 0.255 e. The Morgan fingerprint density at radius 1 is 1.17 bits per heavy atom. The Hall–Kier alpha value is -2.37. The quantitative estimate of drug-likeness (QED) is 0.792. The molecule has 0 aliphatic carbocycles. The molecule has 0 radical (unpaired) electrons. The lowest BCUT2D eigenvalue weighted by Crippen LogP contribution is -2.36. The summed E-state index contributed by atoms with van der Waals surface area (Å²) in [5.74, 6) is 0.683. The van der Waals surface area contributed by atoms with Crippen molar-refractivity contribution in [3.8, 4) is 5.75 Å². The van der Waals surface area contributed by atoms with Gasteiger partial charge in [-0.3, -0.25) is 4.79 Å². The highest BCUT2D eigenvalue weighted by Crippen LogP contribution is 2.39. The van der Waals surface area contributed by atoms with E-state index in [0.29, 0.717) is 6.54 Å². The molecule has 0 aromatic heterocycles. The average Bonchev–Trinajstić information content (AvgIpc) is 3.43. The van der Waals surface area contributed by atoms with Crippen molar-refractivity contribution in [1.82, 2.24) is 4.90 Å². The molecule has 2 atom stereocenters. The molecule has 24 heavy (non-hydrogen) atoms. The molecule has 5 heteroatoms. The monoisotopic (exact) mass is 327 g/mol. The van der Waals surface area contributed by atoms with Gasteiger partial charge in [0.1, 0.15) is 11.9 Å². The van der Waals surface area contributed by atoms with Crippen LogP contribution in [-0.2, 0) is 16.1 Å². The maximum atomic E-state index is 12.7. The minimum absolute atomic E-state index is 0.0788. The number of carbonyl (C=O) groups excluding carboxylic acids is 1. The molecule has 0 unspecified atom stereocenters. The van der Waals surface area contributed by atoms with E-state index in [1.165, 1.54) is 0 Å². The summed E-state index contributed by atoms with van der Waals surface area (Å²) in [4.78, 5) is 14.3. The molecule has 3 rings (SSSR count). The zero-order valence-electron chi connectivity index (χ0n) is 13.6. The minimum Gasteiger partial charge on any atom is -0.497 e. The van der Waals surface area contributed by atoms with Crippen LogP contribution in [-0.4, -0.2) is 42.3 Å². The second kappa shape index (κ2) is 7.47. The Balaban J connectivity index is 1.65. The number of hydrogen-bond acceptors (Lipinski definition) is 4. The van der Waals surface area contributed by atoms with Gasteiger partial charge in [-0.2, -0.15) is 0 Å². The number of epoxide rings is 1. The summed E-state index contributed by atoms with van der Waals surface area (Å²) in [6.45, 7) is 0.640.